The minimum atomic E-state index is 0.622. The molecule has 0 saturated heterocycles. The van der Waals surface area contributed by atoms with Gasteiger partial charge in [-0.15, -0.1) is 0 Å². The SMILES string of the molecule is COc1cc(N)c(NCCCc2ncn[nH]2)cc1OC. The smallest absolute Gasteiger partial charge is 0.162 e. The van der Waals surface area contributed by atoms with Crippen molar-refractivity contribution in [1.82, 2.24) is 15.2 Å². The van der Waals surface area contributed by atoms with Crippen molar-refractivity contribution in [2.75, 3.05) is 31.8 Å². The molecular formula is C13H19N5O2. The van der Waals surface area contributed by atoms with Crippen molar-refractivity contribution in [3.05, 3.63) is 24.3 Å². The molecule has 0 spiro atoms. The van der Waals surface area contributed by atoms with Gasteiger partial charge in [0.15, 0.2) is 11.5 Å². The molecule has 20 heavy (non-hydrogen) atoms. The summed E-state index contributed by atoms with van der Waals surface area (Å²) in [6, 6.07) is 3.58. The number of aryl methyl sites for hydroxylation is 1. The minimum Gasteiger partial charge on any atom is -0.493 e. The van der Waals surface area contributed by atoms with E-state index in [9.17, 15) is 0 Å². The Kier molecular flexibility index (Phi) is 4.65. The van der Waals surface area contributed by atoms with Gasteiger partial charge in [0.2, 0.25) is 0 Å². The molecule has 7 nitrogen and oxygen atoms in total. The van der Waals surface area contributed by atoms with E-state index in [1.54, 1.807) is 20.3 Å². The lowest BCUT2D eigenvalue weighted by molar-refractivity contribution is 0.355. The number of methoxy groups -OCH3 is 2. The number of nitrogen functional groups attached to an aromatic ring is 1. The molecule has 0 radical (unpaired) electrons. The number of H-pyrrole nitrogens is 1. The lowest BCUT2D eigenvalue weighted by atomic mass is 10.2. The summed E-state index contributed by atoms with van der Waals surface area (Å²) in [5, 5.41) is 9.92. The molecule has 108 valence electrons. The van der Waals surface area contributed by atoms with E-state index < -0.39 is 0 Å². The molecule has 2 aromatic rings. The van der Waals surface area contributed by atoms with Crippen molar-refractivity contribution in [2.24, 2.45) is 0 Å². The van der Waals surface area contributed by atoms with Crippen molar-refractivity contribution >= 4 is 11.4 Å². The van der Waals surface area contributed by atoms with E-state index in [0.29, 0.717) is 17.2 Å². The zero-order chi connectivity index (χ0) is 14.4. The number of anilines is 2. The maximum Gasteiger partial charge on any atom is 0.162 e. The van der Waals surface area contributed by atoms with Crippen molar-refractivity contribution in [1.29, 1.82) is 0 Å². The quantitative estimate of drug-likeness (QED) is 0.523. The fraction of sp³-hybridized carbons (Fsp3) is 0.385. The molecule has 1 aromatic carbocycles. The van der Waals surface area contributed by atoms with Crippen LogP contribution in [0.4, 0.5) is 11.4 Å². The second-order valence-electron chi connectivity index (χ2n) is 4.26. The van der Waals surface area contributed by atoms with Crippen molar-refractivity contribution in [3.63, 3.8) is 0 Å². The highest BCUT2D eigenvalue weighted by molar-refractivity contribution is 5.71. The molecule has 2 rings (SSSR count). The van der Waals surface area contributed by atoms with Crippen LogP contribution in [-0.4, -0.2) is 35.9 Å². The zero-order valence-corrected chi connectivity index (χ0v) is 11.6. The van der Waals surface area contributed by atoms with Crippen LogP contribution in [0, 0.1) is 0 Å². The first kappa shape index (κ1) is 14.0. The number of hydrogen-bond acceptors (Lipinski definition) is 6. The predicted molar refractivity (Wildman–Crippen MR) is 77.2 cm³/mol. The summed E-state index contributed by atoms with van der Waals surface area (Å²) in [5.74, 6) is 2.16. The van der Waals surface area contributed by atoms with Crippen LogP contribution < -0.4 is 20.5 Å². The third-order valence-corrected chi connectivity index (χ3v) is 2.93. The van der Waals surface area contributed by atoms with Crippen LogP contribution in [0.3, 0.4) is 0 Å². The van der Waals surface area contributed by atoms with E-state index in [2.05, 4.69) is 20.5 Å². The highest BCUT2D eigenvalue weighted by Gasteiger charge is 2.08. The molecule has 0 aliphatic rings. The predicted octanol–water partition coefficient (Wildman–Crippen LogP) is 1.45. The molecule has 0 amide bonds. The molecular weight excluding hydrogens is 258 g/mol. The van der Waals surface area contributed by atoms with Crippen LogP contribution in [0.25, 0.3) is 0 Å². The monoisotopic (exact) mass is 277 g/mol. The van der Waals surface area contributed by atoms with Gasteiger partial charge in [0.25, 0.3) is 0 Å². The Labute approximate surface area is 117 Å². The first-order chi connectivity index (χ1) is 9.74. The number of ether oxygens (including phenoxy) is 2. The van der Waals surface area contributed by atoms with E-state index in [-0.39, 0.29) is 0 Å². The van der Waals surface area contributed by atoms with Gasteiger partial charge < -0.3 is 20.5 Å². The lowest BCUT2D eigenvalue weighted by Crippen LogP contribution is -2.06. The van der Waals surface area contributed by atoms with Crippen LogP contribution in [0.15, 0.2) is 18.5 Å². The number of hydrogen-bond donors (Lipinski definition) is 3. The largest absolute Gasteiger partial charge is 0.493 e. The average Bonchev–Trinajstić information content (AvgIpc) is 2.97. The summed E-state index contributed by atoms with van der Waals surface area (Å²) in [6.45, 7) is 0.778. The summed E-state index contributed by atoms with van der Waals surface area (Å²) in [6.07, 6.45) is 3.26. The van der Waals surface area contributed by atoms with E-state index in [1.807, 2.05) is 6.07 Å². The number of nitrogens with two attached hydrogens (primary N) is 1. The minimum absolute atomic E-state index is 0.622. The second kappa shape index (κ2) is 6.65. The van der Waals surface area contributed by atoms with Crippen LogP contribution in [-0.2, 0) is 6.42 Å². The summed E-state index contributed by atoms with van der Waals surface area (Å²) in [4.78, 5) is 4.07. The molecule has 0 aliphatic heterocycles. The number of nitrogens with one attached hydrogen (secondary N) is 2. The van der Waals surface area contributed by atoms with Crippen LogP contribution in [0.2, 0.25) is 0 Å². The Morgan fingerprint density at radius 2 is 2.00 bits per heavy atom. The molecule has 0 aliphatic carbocycles. The third-order valence-electron chi connectivity index (χ3n) is 2.93. The van der Waals surface area contributed by atoms with Gasteiger partial charge >= 0.3 is 0 Å². The number of aromatic nitrogens is 3. The fourth-order valence-corrected chi connectivity index (χ4v) is 1.88. The summed E-state index contributed by atoms with van der Waals surface area (Å²) < 4.78 is 10.4. The summed E-state index contributed by atoms with van der Waals surface area (Å²) >= 11 is 0. The molecule has 0 saturated carbocycles. The Hall–Kier alpha value is -2.44. The number of rotatable bonds is 7. The van der Waals surface area contributed by atoms with Crippen molar-refractivity contribution < 1.29 is 9.47 Å². The zero-order valence-electron chi connectivity index (χ0n) is 11.6. The maximum atomic E-state index is 5.97. The highest BCUT2D eigenvalue weighted by Crippen LogP contribution is 2.34. The Bertz CT molecular complexity index is 542. The normalized spacial score (nSPS) is 10.3. The summed E-state index contributed by atoms with van der Waals surface area (Å²) in [7, 11) is 3.18. The number of nitrogens with zero attached hydrogens (tertiary/aromatic N) is 2. The van der Waals surface area contributed by atoms with Gasteiger partial charge in [0.1, 0.15) is 12.2 Å². The van der Waals surface area contributed by atoms with Crippen LogP contribution in [0.1, 0.15) is 12.2 Å². The molecule has 4 N–H and O–H groups in total. The van der Waals surface area contributed by atoms with Gasteiger partial charge in [0.05, 0.1) is 25.6 Å². The molecule has 7 heteroatoms. The van der Waals surface area contributed by atoms with Gasteiger partial charge in [-0.05, 0) is 6.42 Å². The van der Waals surface area contributed by atoms with Gasteiger partial charge in [-0.1, -0.05) is 0 Å². The number of benzene rings is 1. The second-order valence-corrected chi connectivity index (χ2v) is 4.26. The average molecular weight is 277 g/mol. The van der Waals surface area contributed by atoms with E-state index in [1.165, 1.54) is 6.33 Å². The topological polar surface area (TPSA) is 98.1 Å². The molecule has 0 atom stereocenters. The Morgan fingerprint density at radius 3 is 2.65 bits per heavy atom. The first-order valence-corrected chi connectivity index (χ1v) is 6.34. The molecule has 0 bridgehead atoms. The lowest BCUT2D eigenvalue weighted by Gasteiger charge is -2.13. The van der Waals surface area contributed by atoms with Crippen LogP contribution in [0.5, 0.6) is 11.5 Å². The Morgan fingerprint density at radius 1 is 1.25 bits per heavy atom. The fourth-order valence-electron chi connectivity index (χ4n) is 1.88. The van der Waals surface area contributed by atoms with E-state index >= 15 is 0 Å². The van der Waals surface area contributed by atoms with Crippen LogP contribution >= 0.6 is 0 Å². The first-order valence-electron chi connectivity index (χ1n) is 6.34. The molecule has 1 heterocycles. The van der Waals surface area contributed by atoms with Crippen molar-refractivity contribution in [3.8, 4) is 11.5 Å². The van der Waals surface area contributed by atoms with E-state index in [4.69, 9.17) is 15.2 Å². The third kappa shape index (κ3) is 3.31. The summed E-state index contributed by atoms with van der Waals surface area (Å²) in [5.41, 5.74) is 7.43. The van der Waals surface area contributed by atoms with Gasteiger partial charge in [-0.2, -0.15) is 5.10 Å². The van der Waals surface area contributed by atoms with Gasteiger partial charge in [0, 0.05) is 25.1 Å². The molecule has 0 fully saturated rings. The highest BCUT2D eigenvalue weighted by atomic mass is 16.5. The Balaban J connectivity index is 1.92. The van der Waals surface area contributed by atoms with Gasteiger partial charge in [-0.3, -0.25) is 5.10 Å². The molecule has 0 unspecified atom stereocenters. The number of aromatic amines is 1. The van der Waals surface area contributed by atoms with Gasteiger partial charge in [-0.25, -0.2) is 4.98 Å². The standard InChI is InChI=1S/C13H19N5O2/c1-19-11-6-9(14)10(7-12(11)20-2)15-5-3-4-13-16-8-17-18-13/h6-8,15H,3-5,14H2,1-2H3,(H,16,17,18). The maximum absolute atomic E-state index is 5.97. The van der Waals surface area contributed by atoms with Crippen molar-refractivity contribution in [2.45, 2.75) is 12.8 Å². The molecule has 1 aromatic heterocycles. The van der Waals surface area contributed by atoms with E-state index in [0.717, 1.165) is 30.9 Å².